The third-order valence-electron chi connectivity index (χ3n) is 3.20. The van der Waals surface area contributed by atoms with E-state index in [0.717, 1.165) is 30.7 Å². The van der Waals surface area contributed by atoms with Crippen LogP contribution >= 0.6 is 15.9 Å². The fraction of sp³-hybridized carbons (Fsp3) is 0.600. The van der Waals surface area contributed by atoms with Gasteiger partial charge in [-0.25, -0.2) is 12.8 Å². The Hall–Kier alpha value is -0.420. The first-order valence-electron chi connectivity index (χ1n) is 7.10. The molecule has 0 N–H and O–H groups in total. The molecule has 20 heavy (non-hydrogen) atoms. The van der Waals surface area contributed by atoms with Crippen LogP contribution in [0.15, 0.2) is 29.2 Å². The second kappa shape index (κ2) is 9.50. The lowest BCUT2D eigenvalue weighted by atomic mass is 10.1. The predicted octanol–water partition coefficient (Wildman–Crippen LogP) is 4.73. The zero-order valence-electron chi connectivity index (χ0n) is 11.7. The van der Waals surface area contributed by atoms with Gasteiger partial charge in [-0.05, 0) is 31.0 Å². The highest BCUT2D eigenvalue weighted by molar-refractivity contribution is 9.09. The molecule has 0 spiro atoms. The van der Waals surface area contributed by atoms with Gasteiger partial charge in [0.05, 0.1) is 10.6 Å². The molecule has 0 aliphatic carbocycles. The smallest absolute Gasteiger partial charge is 0.178 e. The van der Waals surface area contributed by atoms with Crippen molar-refractivity contribution in [2.75, 3.05) is 11.1 Å². The normalized spacial score (nSPS) is 11.7. The summed E-state index contributed by atoms with van der Waals surface area (Å²) in [5.41, 5.74) is 0. The summed E-state index contributed by atoms with van der Waals surface area (Å²) >= 11 is 3.40. The standard InChI is InChI=1S/C15H22BrFO2S/c16-11-6-4-2-1-3-5-7-12-20(18,19)15-10-8-9-14(17)13-15/h8-10,13H,1-7,11-12H2. The Morgan fingerprint density at radius 2 is 1.55 bits per heavy atom. The number of rotatable bonds is 10. The van der Waals surface area contributed by atoms with Crippen LogP contribution in [0.25, 0.3) is 0 Å². The van der Waals surface area contributed by atoms with E-state index >= 15 is 0 Å². The lowest BCUT2D eigenvalue weighted by molar-refractivity contribution is 0.577. The molecule has 0 aliphatic heterocycles. The average Bonchev–Trinajstić information content (AvgIpc) is 2.42. The Balaban J connectivity index is 2.24. The highest BCUT2D eigenvalue weighted by Crippen LogP contribution is 2.15. The van der Waals surface area contributed by atoms with Gasteiger partial charge in [-0.1, -0.05) is 54.1 Å². The van der Waals surface area contributed by atoms with E-state index < -0.39 is 15.7 Å². The van der Waals surface area contributed by atoms with Gasteiger partial charge < -0.3 is 0 Å². The minimum atomic E-state index is -3.33. The highest BCUT2D eigenvalue weighted by Gasteiger charge is 2.14. The Morgan fingerprint density at radius 1 is 0.950 bits per heavy atom. The molecule has 0 radical (unpaired) electrons. The van der Waals surface area contributed by atoms with E-state index in [1.807, 2.05) is 0 Å². The van der Waals surface area contributed by atoms with Crippen LogP contribution in [-0.4, -0.2) is 19.5 Å². The van der Waals surface area contributed by atoms with Gasteiger partial charge in [0.15, 0.2) is 9.84 Å². The van der Waals surface area contributed by atoms with Crippen LogP contribution in [0.1, 0.15) is 44.9 Å². The molecule has 0 amide bonds. The van der Waals surface area contributed by atoms with Gasteiger partial charge in [-0.2, -0.15) is 0 Å². The lowest BCUT2D eigenvalue weighted by Gasteiger charge is -2.05. The first-order chi connectivity index (χ1) is 9.56. The molecule has 0 aliphatic rings. The molecule has 0 bridgehead atoms. The summed E-state index contributed by atoms with van der Waals surface area (Å²) in [6.45, 7) is 0. The van der Waals surface area contributed by atoms with Crippen LogP contribution in [-0.2, 0) is 9.84 Å². The number of hydrogen-bond donors (Lipinski definition) is 0. The lowest BCUT2D eigenvalue weighted by Crippen LogP contribution is -2.07. The van der Waals surface area contributed by atoms with Crippen molar-refractivity contribution in [1.82, 2.24) is 0 Å². The van der Waals surface area contributed by atoms with Crippen LogP contribution in [0.2, 0.25) is 0 Å². The van der Waals surface area contributed by atoms with Crippen LogP contribution < -0.4 is 0 Å². The van der Waals surface area contributed by atoms with Gasteiger partial charge in [0.2, 0.25) is 0 Å². The third-order valence-corrected chi connectivity index (χ3v) is 5.56. The number of benzene rings is 1. The second-order valence-electron chi connectivity index (χ2n) is 4.94. The predicted molar refractivity (Wildman–Crippen MR) is 84.6 cm³/mol. The molecule has 0 saturated carbocycles. The summed E-state index contributed by atoms with van der Waals surface area (Å²) in [5, 5.41) is 1.05. The average molecular weight is 365 g/mol. The molecular formula is C15H22BrFO2S. The number of alkyl halides is 1. The molecule has 0 aromatic heterocycles. The quantitative estimate of drug-likeness (QED) is 0.444. The van der Waals surface area contributed by atoms with Gasteiger partial charge in [0.25, 0.3) is 0 Å². The summed E-state index contributed by atoms with van der Waals surface area (Å²) in [6.07, 6.45) is 7.44. The van der Waals surface area contributed by atoms with E-state index in [1.54, 1.807) is 0 Å². The SMILES string of the molecule is O=S(=O)(CCCCCCCCCBr)c1cccc(F)c1. The van der Waals surface area contributed by atoms with E-state index in [9.17, 15) is 12.8 Å². The maximum absolute atomic E-state index is 13.0. The van der Waals surface area contributed by atoms with E-state index in [2.05, 4.69) is 15.9 Å². The molecule has 0 unspecified atom stereocenters. The van der Waals surface area contributed by atoms with Gasteiger partial charge in [0, 0.05) is 5.33 Å². The largest absolute Gasteiger partial charge is 0.224 e. The Bertz CT molecular complexity index is 488. The minimum Gasteiger partial charge on any atom is -0.224 e. The van der Waals surface area contributed by atoms with E-state index in [-0.39, 0.29) is 10.6 Å². The number of sulfone groups is 1. The third kappa shape index (κ3) is 6.84. The van der Waals surface area contributed by atoms with Crippen LogP contribution in [0, 0.1) is 5.82 Å². The van der Waals surface area contributed by atoms with E-state index in [4.69, 9.17) is 0 Å². The van der Waals surface area contributed by atoms with Gasteiger partial charge in [0.1, 0.15) is 5.82 Å². The van der Waals surface area contributed by atoms with Gasteiger partial charge in [-0.3, -0.25) is 0 Å². The summed E-state index contributed by atoms with van der Waals surface area (Å²) in [6, 6.07) is 5.24. The summed E-state index contributed by atoms with van der Waals surface area (Å²) in [4.78, 5) is 0.0924. The molecule has 1 aromatic carbocycles. The summed E-state index contributed by atoms with van der Waals surface area (Å²) in [5.74, 6) is -0.393. The Morgan fingerprint density at radius 3 is 2.15 bits per heavy atom. The fourth-order valence-corrected chi connectivity index (χ4v) is 3.84. The van der Waals surface area contributed by atoms with Crippen LogP contribution in [0.3, 0.4) is 0 Å². The molecule has 114 valence electrons. The van der Waals surface area contributed by atoms with E-state index in [0.29, 0.717) is 6.42 Å². The maximum Gasteiger partial charge on any atom is 0.178 e. The van der Waals surface area contributed by atoms with Crippen molar-refractivity contribution >= 4 is 25.8 Å². The van der Waals surface area contributed by atoms with Crippen molar-refractivity contribution in [3.63, 3.8) is 0 Å². The van der Waals surface area contributed by atoms with Crippen molar-refractivity contribution in [2.24, 2.45) is 0 Å². The molecule has 1 aromatic rings. The Kier molecular flexibility index (Phi) is 8.38. The van der Waals surface area contributed by atoms with Gasteiger partial charge in [-0.15, -0.1) is 0 Å². The monoisotopic (exact) mass is 364 g/mol. The first kappa shape index (κ1) is 17.6. The fourth-order valence-electron chi connectivity index (χ4n) is 2.05. The molecule has 5 heteroatoms. The first-order valence-corrected chi connectivity index (χ1v) is 9.88. The van der Waals surface area contributed by atoms with Crippen molar-refractivity contribution in [1.29, 1.82) is 0 Å². The van der Waals surface area contributed by atoms with E-state index in [1.165, 1.54) is 37.5 Å². The molecule has 0 fully saturated rings. The Labute approximate surface area is 129 Å². The molecule has 1 rings (SSSR count). The second-order valence-corrected chi connectivity index (χ2v) is 7.84. The molecule has 0 saturated heterocycles. The summed E-state index contributed by atoms with van der Waals surface area (Å²) < 4.78 is 37.0. The van der Waals surface area contributed by atoms with Crippen LogP contribution in [0.4, 0.5) is 4.39 Å². The zero-order chi connectivity index (χ0) is 14.8. The van der Waals surface area contributed by atoms with Crippen molar-refractivity contribution in [2.45, 2.75) is 49.8 Å². The van der Waals surface area contributed by atoms with Crippen molar-refractivity contribution < 1.29 is 12.8 Å². The molecule has 0 heterocycles. The van der Waals surface area contributed by atoms with Gasteiger partial charge >= 0.3 is 0 Å². The number of unbranched alkanes of at least 4 members (excludes halogenated alkanes) is 6. The zero-order valence-corrected chi connectivity index (χ0v) is 14.1. The summed E-state index contributed by atoms with van der Waals surface area (Å²) in [7, 11) is -3.33. The molecule has 2 nitrogen and oxygen atoms in total. The highest BCUT2D eigenvalue weighted by atomic mass is 79.9. The maximum atomic E-state index is 13.0. The number of halogens is 2. The minimum absolute atomic E-state index is 0.0924. The topological polar surface area (TPSA) is 34.1 Å². The molecule has 0 atom stereocenters. The van der Waals surface area contributed by atoms with Crippen LogP contribution in [0.5, 0.6) is 0 Å². The number of hydrogen-bond acceptors (Lipinski definition) is 2. The van der Waals surface area contributed by atoms with Crippen molar-refractivity contribution in [3.8, 4) is 0 Å². The molecular weight excluding hydrogens is 343 g/mol. The van der Waals surface area contributed by atoms with Crippen molar-refractivity contribution in [3.05, 3.63) is 30.1 Å².